The van der Waals surface area contributed by atoms with Crippen molar-refractivity contribution < 1.29 is 20.6 Å². The maximum absolute atomic E-state index is 9.73. The zero-order chi connectivity index (χ0) is 17.3. The van der Waals surface area contributed by atoms with E-state index < -0.39 is 18.8 Å². The molecule has 0 aromatic heterocycles. The van der Waals surface area contributed by atoms with Crippen molar-refractivity contribution in [3.63, 3.8) is 0 Å². The lowest BCUT2D eigenvalue weighted by molar-refractivity contribution is -0.347. The highest BCUT2D eigenvalue weighted by molar-refractivity contribution is 4.70. The molecule has 0 amide bonds. The molecule has 0 aliphatic carbocycles. The molecule has 23 heavy (non-hydrogen) atoms. The van der Waals surface area contributed by atoms with E-state index in [1.165, 1.54) is 64.2 Å². The second kappa shape index (κ2) is 16.7. The Morgan fingerprint density at radius 3 is 1.43 bits per heavy atom. The zero-order valence-corrected chi connectivity index (χ0v) is 15.0. The zero-order valence-electron chi connectivity index (χ0n) is 15.0. The van der Waals surface area contributed by atoms with Crippen LogP contribution in [-0.4, -0.2) is 44.6 Å². The van der Waals surface area contributed by atoms with Crippen LogP contribution in [0.2, 0.25) is 0 Å². The van der Waals surface area contributed by atoms with Crippen molar-refractivity contribution in [1.82, 2.24) is 5.23 Å². The average Bonchev–Trinajstić information content (AvgIpc) is 2.52. The van der Waals surface area contributed by atoms with Gasteiger partial charge in [-0.15, -0.1) is 0 Å². The number of unbranched alkanes of at least 4 members (excludes halogenated alkanes) is 12. The first-order valence-corrected chi connectivity index (χ1v) is 9.59. The molecule has 0 bridgehead atoms. The average molecular weight is 334 g/mol. The van der Waals surface area contributed by atoms with E-state index in [-0.39, 0.29) is 5.23 Å². The summed E-state index contributed by atoms with van der Waals surface area (Å²) < 4.78 is 0. The number of hydroxylamine groups is 2. The fraction of sp³-hybridized carbons (Fsp3) is 1.00. The Kier molecular flexibility index (Phi) is 16.5. The highest BCUT2D eigenvalue weighted by Crippen LogP contribution is 2.14. The van der Waals surface area contributed by atoms with Crippen molar-refractivity contribution in [3.05, 3.63) is 0 Å². The summed E-state index contributed by atoms with van der Waals surface area (Å²) in [6.45, 7) is 1.78. The SMILES string of the molecule is CCCCCCCCCCCCCCC[C@@H](O)[C@H](CO)N(O)O. The Morgan fingerprint density at radius 2 is 1.09 bits per heavy atom. The van der Waals surface area contributed by atoms with Gasteiger partial charge in [-0.1, -0.05) is 95.6 Å². The van der Waals surface area contributed by atoms with Gasteiger partial charge in [0.25, 0.3) is 0 Å². The molecule has 0 heterocycles. The van der Waals surface area contributed by atoms with E-state index in [1.54, 1.807) is 0 Å². The molecule has 0 aliphatic heterocycles. The van der Waals surface area contributed by atoms with E-state index in [0.29, 0.717) is 6.42 Å². The van der Waals surface area contributed by atoms with Crippen molar-refractivity contribution >= 4 is 0 Å². The van der Waals surface area contributed by atoms with Crippen LogP contribution >= 0.6 is 0 Å². The second-order valence-electron chi connectivity index (χ2n) is 6.67. The Labute approximate surface area is 142 Å². The Hall–Kier alpha value is -0.200. The lowest BCUT2D eigenvalue weighted by atomic mass is 10.0. The summed E-state index contributed by atoms with van der Waals surface area (Å²) in [7, 11) is 0. The van der Waals surface area contributed by atoms with Gasteiger partial charge >= 0.3 is 0 Å². The van der Waals surface area contributed by atoms with E-state index in [0.717, 1.165) is 19.3 Å². The monoisotopic (exact) mass is 333 g/mol. The van der Waals surface area contributed by atoms with Gasteiger partial charge < -0.3 is 10.2 Å². The predicted octanol–water partition coefficient (Wildman–Crippen LogP) is 4.27. The first-order chi connectivity index (χ1) is 11.1. The number of hydrogen-bond acceptors (Lipinski definition) is 5. The second-order valence-corrected chi connectivity index (χ2v) is 6.67. The first-order valence-electron chi connectivity index (χ1n) is 9.59. The molecule has 0 rings (SSSR count). The number of hydrogen-bond donors (Lipinski definition) is 4. The third kappa shape index (κ3) is 13.9. The molecule has 0 aromatic rings. The van der Waals surface area contributed by atoms with Crippen LogP contribution < -0.4 is 0 Å². The molecular weight excluding hydrogens is 294 g/mol. The highest BCUT2D eigenvalue weighted by Gasteiger charge is 2.22. The number of aliphatic hydroxyl groups excluding tert-OH is 2. The summed E-state index contributed by atoms with van der Waals surface area (Å²) in [5.74, 6) is 0. The van der Waals surface area contributed by atoms with E-state index in [2.05, 4.69) is 6.92 Å². The summed E-state index contributed by atoms with van der Waals surface area (Å²) in [5, 5.41) is 36.3. The molecule has 0 spiro atoms. The van der Waals surface area contributed by atoms with Crippen molar-refractivity contribution in [2.75, 3.05) is 6.61 Å². The molecule has 0 saturated heterocycles. The molecule has 5 heteroatoms. The molecule has 0 fully saturated rings. The minimum atomic E-state index is -1.01. The van der Waals surface area contributed by atoms with Crippen LogP contribution in [0.4, 0.5) is 0 Å². The van der Waals surface area contributed by atoms with Crippen molar-refractivity contribution in [2.45, 2.75) is 109 Å². The van der Waals surface area contributed by atoms with Gasteiger partial charge in [0.2, 0.25) is 0 Å². The fourth-order valence-electron chi connectivity index (χ4n) is 2.91. The Morgan fingerprint density at radius 1 is 0.696 bits per heavy atom. The maximum Gasteiger partial charge on any atom is 0.111 e. The molecule has 5 nitrogen and oxygen atoms in total. The lowest BCUT2D eigenvalue weighted by Crippen LogP contribution is -2.42. The van der Waals surface area contributed by atoms with Crippen LogP contribution in [0.3, 0.4) is 0 Å². The van der Waals surface area contributed by atoms with Crippen LogP contribution in [0.25, 0.3) is 0 Å². The van der Waals surface area contributed by atoms with Gasteiger partial charge in [0.15, 0.2) is 0 Å². The minimum absolute atomic E-state index is 0.0904. The van der Waals surface area contributed by atoms with Gasteiger partial charge in [0, 0.05) is 0 Å². The van der Waals surface area contributed by atoms with E-state index in [4.69, 9.17) is 15.5 Å². The third-order valence-corrected chi connectivity index (χ3v) is 4.53. The molecule has 0 unspecified atom stereocenters. The number of rotatable bonds is 17. The lowest BCUT2D eigenvalue weighted by Gasteiger charge is -2.23. The molecular formula is C18H39NO4. The first kappa shape index (κ1) is 22.8. The van der Waals surface area contributed by atoms with E-state index in [1.807, 2.05) is 0 Å². The standard InChI is InChI=1S/C18H39NO4/c1-2-3-4-5-6-7-8-9-10-11-12-13-14-15-18(21)17(16-20)19(22)23/h17-18,20-23H,2-16H2,1H3/t17-,18+/m0/s1. The van der Waals surface area contributed by atoms with Crippen LogP contribution in [0.1, 0.15) is 96.8 Å². The van der Waals surface area contributed by atoms with Crippen molar-refractivity contribution in [2.24, 2.45) is 0 Å². The van der Waals surface area contributed by atoms with Crippen LogP contribution in [0.15, 0.2) is 0 Å². The van der Waals surface area contributed by atoms with E-state index >= 15 is 0 Å². The molecule has 4 N–H and O–H groups in total. The summed E-state index contributed by atoms with van der Waals surface area (Å²) in [6.07, 6.45) is 16.1. The summed E-state index contributed by atoms with van der Waals surface area (Å²) in [4.78, 5) is 0. The third-order valence-electron chi connectivity index (χ3n) is 4.53. The minimum Gasteiger partial charge on any atom is -0.394 e. The largest absolute Gasteiger partial charge is 0.394 e. The smallest absolute Gasteiger partial charge is 0.111 e. The molecule has 2 atom stereocenters. The van der Waals surface area contributed by atoms with Crippen LogP contribution in [-0.2, 0) is 0 Å². The number of aliphatic hydroxyl groups is 2. The summed E-state index contributed by atoms with van der Waals surface area (Å²) in [6, 6.07) is -1.01. The quantitative estimate of drug-likeness (QED) is 0.236. The molecule has 0 saturated carbocycles. The van der Waals surface area contributed by atoms with Crippen molar-refractivity contribution in [3.8, 4) is 0 Å². The molecule has 0 radical (unpaired) electrons. The Balaban J connectivity index is 3.27. The van der Waals surface area contributed by atoms with Gasteiger partial charge in [-0.25, -0.2) is 0 Å². The highest BCUT2D eigenvalue weighted by atomic mass is 16.8. The van der Waals surface area contributed by atoms with Crippen LogP contribution in [0, 0.1) is 0 Å². The molecule has 0 aromatic carbocycles. The van der Waals surface area contributed by atoms with Gasteiger partial charge in [-0.2, -0.15) is 0 Å². The van der Waals surface area contributed by atoms with Gasteiger partial charge in [0.05, 0.1) is 12.7 Å². The topological polar surface area (TPSA) is 84.2 Å². The predicted molar refractivity (Wildman–Crippen MR) is 92.6 cm³/mol. The van der Waals surface area contributed by atoms with Gasteiger partial charge in [-0.3, -0.25) is 10.4 Å². The normalized spacial score (nSPS) is 14.3. The maximum atomic E-state index is 9.73. The molecule has 0 aliphatic rings. The van der Waals surface area contributed by atoms with E-state index in [9.17, 15) is 5.11 Å². The summed E-state index contributed by atoms with van der Waals surface area (Å²) in [5.41, 5.74) is 0. The van der Waals surface area contributed by atoms with Crippen LogP contribution in [0.5, 0.6) is 0 Å². The van der Waals surface area contributed by atoms with Gasteiger partial charge in [0.1, 0.15) is 6.04 Å². The summed E-state index contributed by atoms with van der Waals surface area (Å²) >= 11 is 0. The van der Waals surface area contributed by atoms with Crippen molar-refractivity contribution in [1.29, 1.82) is 0 Å². The Bertz CT molecular complexity index is 239. The number of nitrogens with zero attached hydrogens (tertiary/aromatic N) is 1. The fourth-order valence-corrected chi connectivity index (χ4v) is 2.91. The van der Waals surface area contributed by atoms with Gasteiger partial charge in [-0.05, 0) is 6.42 Å². The molecule has 140 valence electrons.